The molecule has 1 rings (SSSR count). The molecular weight excluding hydrogens is 284 g/mol. The molecule has 0 spiro atoms. The van der Waals surface area contributed by atoms with Gasteiger partial charge in [0.2, 0.25) is 0 Å². The maximum atomic E-state index is 11.7. The van der Waals surface area contributed by atoms with Crippen LogP contribution in [0.1, 0.15) is 13.8 Å². The first-order valence-corrected chi connectivity index (χ1v) is 6.61. The highest BCUT2D eigenvalue weighted by Gasteiger charge is 2.03. The molecule has 6 nitrogen and oxygen atoms in total. The topological polar surface area (TPSA) is 76.7 Å². The molecule has 0 unspecified atom stereocenters. The molecule has 0 radical (unpaired) electrons. The third-order valence-electron chi connectivity index (χ3n) is 2.71. The van der Waals surface area contributed by atoms with Gasteiger partial charge in [-0.25, -0.2) is 0 Å². The third-order valence-corrected chi connectivity index (χ3v) is 2.71. The van der Waals surface area contributed by atoms with Crippen LogP contribution in [0.25, 0.3) is 0 Å². The standard InChI is InChI=1S/C16H20N2O4/c1-11(21-3)8-15(19)17-13-6-5-7-14(10-13)18-16(20)9-12(2)22-4/h5-10H,1-4H3,(H,17,19)(H,18,20)/b11-8-,12-9-. The van der Waals surface area contributed by atoms with Gasteiger partial charge >= 0.3 is 0 Å². The van der Waals surface area contributed by atoms with E-state index in [-0.39, 0.29) is 11.8 Å². The number of carbonyl (C=O) groups excluding carboxylic acids is 2. The van der Waals surface area contributed by atoms with E-state index in [4.69, 9.17) is 9.47 Å². The van der Waals surface area contributed by atoms with E-state index >= 15 is 0 Å². The van der Waals surface area contributed by atoms with E-state index in [1.807, 2.05) is 0 Å². The summed E-state index contributed by atoms with van der Waals surface area (Å²) in [6.07, 6.45) is 2.69. The zero-order chi connectivity index (χ0) is 16.5. The highest BCUT2D eigenvalue weighted by Crippen LogP contribution is 2.15. The Morgan fingerprint density at radius 3 is 1.68 bits per heavy atom. The van der Waals surface area contributed by atoms with Crippen molar-refractivity contribution in [2.75, 3.05) is 24.9 Å². The summed E-state index contributed by atoms with van der Waals surface area (Å²) in [6.45, 7) is 3.36. The Kier molecular flexibility index (Phi) is 6.69. The molecule has 1 aromatic rings. The van der Waals surface area contributed by atoms with Gasteiger partial charge in [0.05, 0.1) is 25.7 Å². The third kappa shape index (κ3) is 6.13. The van der Waals surface area contributed by atoms with Gasteiger partial charge in [-0.15, -0.1) is 0 Å². The van der Waals surface area contributed by atoms with E-state index in [0.29, 0.717) is 22.9 Å². The summed E-state index contributed by atoms with van der Waals surface area (Å²) >= 11 is 0. The minimum absolute atomic E-state index is 0.307. The lowest BCUT2D eigenvalue weighted by molar-refractivity contribution is -0.112. The number of methoxy groups -OCH3 is 2. The van der Waals surface area contributed by atoms with Crippen molar-refractivity contribution in [1.82, 2.24) is 0 Å². The zero-order valence-corrected chi connectivity index (χ0v) is 13.1. The molecule has 0 aliphatic rings. The Bertz CT molecular complexity index is 557. The Labute approximate surface area is 129 Å². The fraction of sp³-hybridized carbons (Fsp3) is 0.250. The van der Waals surface area contributed by atoms with Crippen LogP contribution in [0.2, 0.25) is 0 Å². The number of nitrogens with one attached hydrogen (secondary N) is 2. The van der Waals surface area contributed by atoms with Crippen LogP contribution in [0, 0.1) is 0 Å². The fourth-order valence-corrected chi connectivity index (χ4v) is 1.52. The van der Waals surface area contributed by atoms with Gasteiger partial charge in [-0.05, 0) is 32.0 Å². The second kappa shape index (κ2) is 8.51. The minimum atomic E-state index is -0.307. The SMILES string of the molecule is CO/C(C)=C\C(=O)Nc1cccc(NC(=O)/C=C(/C)OC)c1. The molecule has 118 valence electrons. The number of amides is 2. The number of carbonyl (C=O) groups is 2. The smallest absolute Gasteiger partial charge is 0.251 e. The van der Waals surface area contributed by atoms with Crippen molar-refractivity contribution in [2.45, 2.75) is 13.8 Å². The van der Waals surface area contributed by atoms with Crippen LogP contribution in [0.3, 0.4) is 0 Å². The molecule has 0 saturated heterocycles. The second-order valence-corrected chi connectivity index (χ2v) is 4.48. The van der Waals surface area contributed by atoms with Gasteiger partial charge in [-0.3, -0.25) is 9.59 Å². The average molecular weight is 304 g/mol. The van der Waals surface area contributed by atoms with E-state index in [2.05, 4.69) is 10.6 Å². The Morgan fingerprint density at radius 2 is 1.32 bits per heavy atom. The first kappa shape index (κ1) is 17.3. The normalized spacial score (nSPS) is 11.6. The van der Waals surface area contributed by atoms with Gasteiger partial charge in [-0.1, -0.05) is 6.07 Å². The molecule has 0 aliphatic heterocycles. The molecule has 2 amide bonds. The lowest BCUT2D eigenvalue weighted by atomic mass is 10.2. The van der Waals surface area contributed by atoms with E-state index in [0.717, 1.165) is 0 Å². The van der Waals surface area contributed by atoms with Gasteiger partial charge in [0.1, 0.15) is 0 Å². The highest BCUT2D eigenvalue weighted by atomic mass is 16.5. The van der Waals surface area contributed by atoms with Crippen molar-refractivity contribution < 1.29 is 19.1 Å². The molecule has 0 saturated carbocycles. The van der Waals surface area contributed by atoms with Crippen molar-refractivity contribution in [3.05, 3.63) is 47.9 Å². The summed E-state index contributed by atoms with van der Waals surface area (Å²) in [6, 6.07) is 6.83. The van der Waals surface area contributed by atoms with Crippen LogP contribution < -0.4 is 10.6 Å². The van der Waals surface area contributed by atoms with Gasteiger partial charge in [0.25, 0.3) is 11.8 Å². The fourth-order valence-electron chi connectivity index (χ4n) is 1.52. The molecule has 0 aliphatic carbocycles. The number of benzene rings is 1. The molecule has 0 atom stereocenters. The van der Waals surface area contributed by atoms with Gasteiger partial charge in [0, 0.05) is 23.5 Å². The Morgan fingerprint density at radius 1 is 0.909 bits per heavy atom. The molecule has 0 bridgehead atoms. The molecule has 0 fully saturated rings. The lowest BCUT2D eigenvalue weighted by Crippen LogP contribution is -2.11. The van der Waals surface area contributed by atoms with Crippen molar-refractivity contribution in [1.29, 1.82) is 0 Å². The number of hydrogen-bond acceptors (Lipinski definition) is 4. The number of allylic oxidation sites excluding steroid dienone is 2. The predicted octanol–water partition coefficient (Wildman–Crippen LogP) is 2.66. The molecule has 0 aromatic heterocycles. The Balaban J connectivity index is 2.74. The van der Waals surface area contributed by atoms with E-state index in [1.54, 1.807) is 38.1 Å². The number of anilines is 2. The molecule has 22 heavy (non-hydrogen) atoms. The van der Waals surface area contributed by atoms with Crippen molar-refractivity contribution in [3.63, 3.8) is 0 Å². The molecule has 2 N–H and O–H groups in total. The highest BCUT2D eigenvalue weighted by molar-refractivity contribution is 6.02. The van der Waals surface area contributed by atoms with Crippen LogP contribution in [0.5, 0.6) is 0 Å². The van der Waals surface area contributed by atoms with Crippen LogP contribution in [-0.4, -0.2) is 26.0 Å². The Hall–Kier alpha value is -2.76. The summed E-state index contributed by atoms with van der Waals surface area (Å²) < 4.78 is 9.81. The van der Waals surface area contributed by atoms with Crippen LogP contribution >= 0.6 is 0 Å². The van der Waals surface area contributed by atoms with Gasteiger partial charge in [-0.2, -0.15) is 0 Å². The van der Waals surface area contributed by atoms with Crippen molar-refractivity contribution >= 4 is 23.2 Å². The summed E-state index contributed by atoms with van der Waals surface area (Å²) in [5.41, 5.74) is 1.13. The monoisotopic (exact) mass is 304 g/mol. The summed E-state index contributed by atoms with van der Waals surface area (Å²) in [5.74, 6) is 0.389. The number of rotatable bonds is 6. The largest absolute Gasteiger partial charge is 0.501 e. The molecule has 6 heteroatoms. The van der Waals surface area contributed by atoms with E-state index in [9.17, 15) is 9.59 Å². The minimum Gasteiger partial charge on any atom is -0.501 e. The molecular formula is C16H20N2O4. The van der Waals surface area contributed by atoms with Crippen molar-refractivity contribution in [3.8, 4) is 0 Å². The first-order valence-electron chi connectivity index (χ1n) is 6.61. The maximum absolute atomic E-state index is 11.7. The van der Waals surface area contributed by atoms with Crippen LogP contribution in [0.15, 0.2) is 47.9 Å². The molecule has 0 heterocycles. The molecule has 1 aromatic carbocycles. The lowest BCUT2D eigenvalue weighted by Gasteiger charge is -2.07. The summed E-state index contributed by atoms with van der Waals surface area (Å²) in [4.78, 5) is 23.4. The quantitative estimate of drug-likeness (QED) is 0.626. The average Bonchev–Trinajstić information content (AvgIpc) is 2.46. The summed E-state index contributed by atoms with van der Waals surface area (Å²) in [5, 5.41) is 5.37. The summed E-state index contributed by atoms with van der Waals surface area (Å²) in [7, 11) is 2.98. The second-order valence-electron chi connectivity index (χ2n) is 4.48. The number of hydrogen-bond donors (Lipinski definition) is 2. The zero-order valence-electron chi connectivity index (χ0n) is 13.1. The van der Waals surface area contributed by atoms with Gasteiger partial charge in [0.15, 0.2) is 0 Å². The van der Waals surface area contributed by atoms with Gasteiger partial charge < -0.3 is 20.1 Å². The first-order chi connectivity index (χ1) is 10.4. The predicted molar refractivity (Wildman–Crippen MR) is 85.2 cm³/mol. The number of ether oxygens (including phenoxy) is 2. The van der Waals surface area contributed by atoms with E-state index < -0.39 is 0 Å². The van der Waals surface area contributed by atoms with Crippen LogP contribution in [-0.2, 0) is 19.1 Å². The van der Waals surface area contributed by atoms with Crippen molar-refractivity contribution in [2.24, 2.45) is 0 Å². The van der Waals surface area contributed by atoms with Crippen LogP contribution in [0.4, 0.5) is 11.4 Å². The maximum Gasteiger partial charge on any atom is 0.251 e. The van der Waals surface area contributed by atoms with E-state index in [1.165, 1.54) is 26.4 Å².